The number of rotatable bonds is 6. The van der Waals surface area contributed by atoms with Gasteiger partial charge in [0.25, 0.3) is 0 Å². The Balaban J connectivity index is 1.49. The minimum atomic E-state index is -0.0897. The van der Waals surface area contributed by atoms with Crippen LogP contribution >= 0.6 is 0 Å². The van der Waals surface area contributed by atoms with E-state index in [1.165, 1.54) is 0 Å². The van der Waals surface area contributed by atoms with Gasteiger partial charge < -0.3 is 20.1 Å². The third kappa shape index (κ3) is 5.75. The lowest BCUT2D eigenvalue weighted by Crippen LogP contribution is -2.40. The van der Waals surface area contributed by atoms with E-state index in [2.05, 4.69) is 9.80 Å². The molecule has 2 aliphatic heterocycles. The molecule has 2 heterocycles. The normalized spacial score (nSPS) is 22.9. The number of nitrogens with two attached hydrogens (primary N) is 1. The van der Waals surface area contributed by atoms with Crippen LogP contribution in [-0.4, -0.2) is 80.9 Å². The third-order valence-electron chi connectivity index (χ3n) is 4.04. The molecule has 20 heavy (non-hydrogen) atoms. The molecule has 0 aliphatic carbocycles. The number of nitrogens with zero attached hydrogens (tertiary/aromatic N) is 2. The summed E-state index contributed by atoms with van der Waals surface area (Å²) in [4.78, 5) is 16.2. The van der Waals surface area contributed by atoms with Gasteiger partial charge in [0.15, 0.2) is 0 Å². The Morgan fingerprint density at radius 2 is 1.75 bits per heavy atom. The van der Waals surface area contributed by atoms with Gasteiger partial charge in [-0.1, -0.05) is 0 Å². The number of hydrogen-bond acceptors (Lipinski definition) is 6. The van der Waals surface area contributed by atoms with Gasteiger partial charge in [0.1, 0.15) is 6.61 Å². The zero-order valence-electron chi connectivity index (χ0n) is 12.3. The summed E-state index contributed by atoms with van der Waals surface area (Å²) >= 11 is 0. The fourth-order valence-electron chi connectivity index (χ4n) is 2.61. The van der Waals surface area contributed by atoms with Crippen molar-refractivity contribution in [2.24, 2.45) is 5.73 Å². The first-order valence-corrected chi connectivity index (χ1v) is 7.68. The van der Waals surface area contributed by atoms with Crippen LogP contribution in [0.25, 0.3) is 0 Å². The van der Waals surface area contributed by atoms with Crippen molar-refractivity contribution in [3.05, 3.63) is 0 Å². The van der Waals surface area contributed by atoms with Crippen LogP contribution in [0.5, 0.6) is 0 Å². The summed E-state index contributed by atoms with van der Waals surface area (Å²) in [6, 6.07) is 0.340. The smallest absolute Gasteiger partial charge is 0.307 e. The van der Waals surface area contributed by atoms with Crippen LogP contribution in [0.15, 0.2) is 0 Å². The van der Waals surface area contributed by atoms with Crippen molar-refractivity contribution >= 4 is 5.97 Å². The van der Waals surface area contributed by atoms with Crippen molar-refractivity contribution < 1.29 is 14.3 Å². The highest BCUT2D eigenvalue weighted by Crippen LogP contribution is 2.08. The van der Waals surface area contributed by atoms with Gasteiger partial charge in [-0.3, -0.25) is 9.69 Å². The number of esters is 1. The number of ether oxygens (including phenoxy) is 2. The summed E-state index contributed by atoms with van der Waals surface area (Å²) in [5.41, 5.74) is 5.86. The second-order valence-electron chi connectivity index (χ2n) is 5.60. The first-order valence-electron chi connectivity index (χ1n) is 7.68. The Bertz CT molecular complexity index is 287. The molecule has 0 radical (unpaired) electrons. The minimum Gasteiger partial charge on any atom is -0.464 e. The standard InChI is InChI=1S/C14H27N3O3/c15-13-1-4-16(5-2-13)6-3-14(18)20-12-9-17-7-10-19-11-8-17/h13H,1-12,15H2. The number of carbonyl (C=O) groups excluding carboxylic acids is 1. The molecule has 0 aromatic carbocycles. The highest BCUT2D eigenvalue weighted by Gasteiger charge is 2.17. The van der Waals surface area contributed by atoms with Crippen molar-refractivity contribution in [3.63, 3.8) is 0 Å². The average Bonchev–Trinajstić information content (AvgIpc) is 2.48. The second kappa shape index (κ2) is 8.56. The lowest BCUT2D eigenvalue weighted by Gasteiger charge is -2.29. The van der Waals surface area contributed by atoms with Gasteiger partial charge in [0.2, 0.25) is 0 Å². The molecule has 0 spiro atoms. The lowest BCUT2D eigenvalue weighted by atomic mass is 10.1. The van der Waals surface area contributed by atoms with E-state index >= 15 is 0 Å². The third-order valence-corrected chi connectivity index (χ3v) is 4.04. The summed E-state index contributed by atoms with van der Waals surface area (Å²) < 4.78 is 10.6. The van der Waals surface area contributed by atoms with Gasteiger partial charge in [-0.15, -0.1) is 0 Å². The van der Waals surface area contributed by atoms with Gasteiger partial charge in [-0.25, -0.2) is 0 Å². The van der Waals surface area contributed by atoms with Crippen LogP contribution in [-0.2, 0) is 14.3 Å². The Kier molecular flexibility index (Phi) is 6.72. The summed E-state index contributed by atoms with van der Waals surface area (Å²) in [6.45, 7) is 7.54. The molecule has 0 amide bonds. The molecule has 6 heteroatoms. The monoisotopic (exact) mass is 285 g/mol. The average molecular weight is 285 g/mol. The first-order chi connectivity index (χ1) is 9.74. The number of hydrogen-bond donors (Lipinski definition) is 1. The van der Waals surface area contributed by atoms with Crippen LogP contribution in [0.3, 0.4) is 0 Å². The van der Waals surface area contributed by atoms with Gasteiger partial charge in [0.05, 0.1) is 19.6 Å². The Labute approximate surface area is 121 Å². The molecule has 2 fully saturated rings. The van der Waals surface area contributed by atoms with E-state index in [0.717, 1.165) is 65.3 Å². The summed E-state index contributed by atoms with van der Waals surface area (Å²) in [5.74, 6) is -0.0897. The molecule has 0 saturated carbocycles. The van der Waals surface area contributed by atoms with Crippen LogP contribution in [0.4, 0.5) is 0 Å². The maximum atomic E-state index is 11.7. The van der Waals surface area contributed by atoms with E-state index in [4.69, 9.17) is 15.2 Å². The molecule has 0 bridgehead atoms. The van der Waals surface area contributed by atoms with Gasteiger partial charge in [-0.05, 0) is 25.9 Å². The van der Waals surface area contributed by atoms with E-state index in [1.54, 1.807) is 0 Å². The molecule has 2 N–H and O–H groups in total. The molecule has 116 valence electrons. The lowest BCUT2D eigenvalue weighted by molar-refractivity contribution is -0.144. The maximum Gasteiger partial charge on any atom is 0.307 e. The summed E-state index contributed by atoms with van der Waals surface area (Å²) in [6.07, 6.45) is 2.55. The number of likely N-dealkylation sites (tertiary alicyclic amines) is 1. The molecular formula is C14H27N3O3. The topological polar surface area (TPSA) is 68.0 Å². The molecule has 0 atom stereocenters. The van der Waals surface area contributed by atoms with Crippen LogP contribution in [0.1, 0.15) is 19.3 Å². The molecular weight excluding hydrogens is 258 g/mol. The molecule has 2 rings (SSSR count). The van der Waals surface area contributed by atoms with Crippen molar-refractivity contribution in [2.45, 2.75) is 25.3 Å². The van der Waals surface area contributed by atoms with Crippen molar-refractivity contribution in [1.29, 1.82) is 0 Å². The summed E-state index contributed by atoms with van der Waals surface area (Å²) in [5, 5.41) is 0. The van der Waals surface area contributed by atoms with Crippen LogP contribution in [0.2, 0.25) is 0 Å². The van der Waals surface area contributed by atoms with Crippen LogP contribution in [0, 0.1) is 0 Å². The molecule has 0 unspecified atom stereocenters. The molecule has 0 aromatic heterocycles. The SMILES string of the molecule is NC1CCN(CCC(=O)OCCN2CCOCC2)CC1. The summed E-state index contributed by atoms with van der Waals surface area (Å²) in [7, 11) is 0. The Morgan fingerprint density at radius 3 is 2.45 bits per heavy atom. The fraction of sp³-hybridized carbons (Fsp3) is 0.929. The highest BCUT2D eigenvalue weighted by atomic mass is 16.5. The van der Waals surface area contributed by atoms with Crippen molar-refractivity contribution in [2.75, 3.05) is 59.1 Å². The van der Waals surface area contributed by atoms with Crippen molar-refractivity contribution in [1.82, 2.24) is 9.80 Å². The van der Waals surface area contributed by atoms with E-state index in [0.29, 0.717) is 19.1 Å². The largest absolute Gasteiger partial charge is 0.464 e. The second-order valence-corrected chi connectivity index (χ2v) is 5.60. The predicted octanol–water partition coefficient (Wildman–Crippen LogP) is -0.325. The molecule has 0 aromatic rings. The van der Waals surface area contributed by atoms with Gasteiger partial charge in [-0.2, -0.15) is 0 Å². The maximum absolute atomic E-state index is 11.7. The minimum absolute atomic E-state index is 0.0897. The Morgan fingerprint density at radius 1 is 1.10 bits per heavy atom. The molecule has 2 saturated heterocycles. The number of carbonyl (C=O) groups is 1. The van der Waals surface area contributed by atoms with Gasteiger partial charge in [0, 0.05) is 32.2 Å². The number of piperidine rings is 1. The zero-order chi connectivity index (χ0) is 14.2. The fourth-order valence-corrected chi connectivity index (χ4v) is 2.61. The Hall–Kier alpha value is -0.690. The van der Waals surface area contributed by atoms with E-state index in [1.807, 2.05) is 0 Å². The quantitative estimate of drug-likeness (QED) is 0.674. The van der Waals surface area contributed by atoms with E-state index in [9.17, 15) is 4.79 Å². The molecule has 2 aliphatic rings. The highest BCUT2D eigenvalue weighted by molar-refractivity contribution is 5.69. The van der Waals surface area contributed by atoms with Gasteiger partial charge >= 0.3 is 5.97 Å². The van der Waals surface area contributed by atoms with Crippen LogP contribution < -0.4 is 5.73 Å². The van der Waals surface area contributed by atoms with E-state index in [-0.39, 0.29) is 5.97 Å². The van der Waals surface area contributed by atoms with E-state index < -0.39 is 0 Å². The predicted molar refractivity (Wildman–Crippen MR) is 76.5 cm³/mol. The van der Waals surface area contributed by atoms with Crippen molar-refractivity contribution in [3.8, 4) is 0 Å². The zero-order valence-corrected chi connectivity index (χ0v) is 12.3. The first kappa shape index (κ1) is 15.7. The number of morpholine rings is 1. The molecule has 6 nitrogen and oxygen atoms in total.